The quantitative estimate of drug-likeness (QED) is 0.629. The van der Waals surface area contributed by atoms with Crippen LogP contribution < -0.4 is 0 Å². The summed E-state index contributed by atoms with van der Waals surface area (Å²) >= 11 is 0. The van der Waals surface area contributed by atoms with Gasteiger partial charge >= 0.3 is 0 Å². The lowest BCUT2D eigenvalue weighted by atomic mass is 9.46. The summed E-state index contributed by atoms with van der Waals surface area (Å²) in [6, 6.07) is 2.60. The van der Waals surface area contributed by atoms with Crippen LogP contribution in [0.25, 0.3) is 0 Å². The van der Waals surface area contributed by atoms with Gasteiger partial charge in [-0.1, -0.05) is 19.4 Å². The van der Waals surface area contributed by atoms with E-state index in [0.717, 1.165) is 38.5 Å². The number of fused-ring (bicyclic) bond motifs is 7. The molecule has 0 amide bonds. The van der Waals surface area contributed by atoms with Crippen LogP contribution in [0.1, 0.15) is 72.6 Å². The molecular weight excluding hydrogens is 338 g/mol. The smallest absolute Gasteiger partial charge is 0.189 e. The number of allylic oxidation sites excluding steroid dienone is 1. The average Bonchev–Trinajstić information content (AvgIpc) is 3.01. The van der Waals surface area contributed by atoms with Crippen molar-refractivity contribution in [1.82, 2.24) is 0 Å². The van der Waals surface area contributed by atoms with Crippen molar-refractivity contribution in [2.24, 2.45) is 28.6 Å². The van der Waals surface area contributed by atoms with E-state index >= 15 is 0 Å². The third kappa shape index (κ3) is 2.08. The largest absolute Gasteiger partial charge is 0.343 e. The highest BCUT2D eigenvalue weighted by Gasteiger charge is 2.73. The van der Waals surface area contributed by atoms with E-state index in [1.165, 1.54) is 5.57 Å². The zero-order valence-electron chi connectivity index (χ0n) is 17.0. The van der Waals surface area contributed by atoms with Gasteiger partial charge in [-0.2, -0.15) is 5.26 Å². The molecular formula is C23H31NO3. The van der Waals surface area contributed by atoms with Gasteiger partial charge in [0.2, 0.25) is 0 Å². The van der Waals surface area contributed by atoms with Crippen molar-refractivity contribution in [3.8, 4) is 6.07 Å². The number of nitriles is 1. The van der Waals surface area contributed by atoms with Gasteiger partial charge in [0.1, 0.15) is 12.2 Å². The normalized spacial score (nSPS) is 52.9. The Labute approximate surface area is 162 Å². The molecule has 0 N–H and O–H groups in total. The third-order valence-electron chi connectivity index (χ3n) is 9.12. The zero-order chi connectivity index (χ0) is 19.2. The van der Waals surface area contributed by atoms with Crippen LogP contribution >= 0.6 is 0 Å². The first-order valence-electron chi connectivity index (χ1n) is 10.7. The number of hydrogen-bond acceptors (Lipinski definition) is 4. The highest BCUT2D eigenvalue weighted by Crippen LogP contribution is 2.70. The fourth-order valence-corrected chi connectivity index (χ4v) is 7.83. The average molecular weight is 370 g/mol. The van der Waals surface area contributed by atoms with Crippen LogP contribution in [-0.2, 0) is 14.3 Å². The minimum Gasteiger partial charge on any atom is -0.343 e. The Morgan fingerprint density at radius 1 is 1.11 bits per heavy atom. The molecule has 0 unspecified atom stereocenters. The van der Waals surface area contributed by atoms with E-state index in [1.807, 2.05) is 19.9 Å². The molecule has 5 aliphatic rings. The first-order valence-corrected chi connectivity index (χ1v) is 10.7. The lowest BCUT2D eigenvalue weighted by Gasteiger charge is -2.58. The van der Waals surface area contributed by atoms with Gasteiger partial charge in [-0.3, -0.25) is 4.79 Å². The Balaban J connectivity index is 1.52. The molecule has 4 heteroatoms. The Bertz CT molecular complexity index is 779. The second-order valence-electron chi connectivity index (χ2n) is 10.6. The number of nitrogens with zero attached hydrogens (tertiary/aromatic N) is 1. The summed E-state index contributed by atoms with van der Waals surface area (Å²) in [6.07, 6.45) is 8.77. The summed E-state index contributed by atoms with van der Waals surface area (Å²) in [5.74, 6) is 1.32. The van der Waals surface area contributed by atoms with Crippen molar-refractivity contribution in [2.75, 3.05) is 0 Å². The molecule has 4 nitrogen and oxygen atoms in total. The predicted octanol–water partition coefficient (Wildman–Crippen LogP) is 4.54. The zero-order valence-corrected chi connectivity index (χ0v) is 17.0. The van der Waals surface area contributed by atoms with Crippen molar-refractivity contribution in [3.05, 3.63) is 11.6 Å². The summed E-state index contributed by atoms with van der Waals surface area (Å²) < 4.78 is 12.6. The van der Waals surface area contributed by atoms with E-state index in [9.17, 15) is 10.1 Å². The first kappa shape index (κ1) is 17.9. The number of rotatable bonds is 0. The highest BCUT2D eigenvalue weighted by atomic mass is 16.8. The second-order valence-corrected chi connectivity index (χ2v) is 10.6. The number of ether oxygens (including phenoxy) is 2. The van der Waals surface area contributed by atoms with Crippen LogP contribution in [-0.4, -0.2) is 23.3 Å². The highest BCUT2D eigenvalue weighted by molar-refractivity contribution is 5.91. The van der Waals surface area contributed by atoms with Crippen LogP contribution in [0.4, 0.5) is 0 Å². The summed E-state index contributed by atoms with van der Waals surface area (Å²) in [5.41, 5.74) is 0.594. The van der Waals surface area contributed by atoms with Crippen LogP contribution in [0, 0.1) is 39.9 Å². The van der Waals surface area contributed by atoms with E-state index in [4.69, 9.17) is 9.47 Å². The number of hydrogen-bond donors (Lipinski definition) is 0. The molecule has 4 aliphatic carbocycles. The molecule has 7 atom stereocenters. The van der Waals surface area contributed by atoms with Gasteiger partial charge < -0.3 is 9.47 Å². The maximum atomic E-state index is 12.0. The molecule has 5 rings (SSSR count). The van der Waals surface area contributed by atoms with Crippen LogP contribution in [0.5, 0.6) is 0 Å². The van der Waals surface area contributed by atoms with Gasteiger partial charge in [-0.05, 0) is 81.6 Å². The molecule has 3 saturated carbocycles. The van der Waals surface area contributed by atoms with E-state index in [2.05, 4.69) is 19.9 Å². The Morgan fingerprint density at radius 2 is 1.89 bits per heavy atom. The molecule has 1 heterocycles. The summed E-state index contributed by atoms with van der Waals surface area (Å²) in [5, 5.41) is 10.2. The molecule has 1 aliphatic heterocycles. The standard InChI is InChI=1S/C23H31NO3/c1-20(2)26-19-12-18-16-6-5-14-11-15(25)7-9-21(14,3)17(16)8-10-22(18,4)23(19,13-24)27-20/h11,16-19H,5-10,12H2,1-4H3/t16-,17-,18+,19+,21-,22-,23+/m0/s1. The number of ketones is 1. The molecule has 1 saturated heterocycles. The van der Waals surface area contributed by atoms with E-state index in [0.29, 0.717) is 30.0 Å². The van der Waals surface area contributed by atoms with Crippen molar-refractivity contribution in [1.29, 1.82) is 5.26 Å². The lowest BCUT2D eigenvalue weighted by molar-refractivity contribution is -0.200. The Morgan fingerprint density at radius 3 is 2.63 bits per heavy atom. The molecule has 27 heavy (non-hydrogen) atoms. The van der Waals surface area contributed by atoms with E-state index in [1.54, 1.807) is 0 Å². The monoisotopic (exact) mass is 369 g/mol. The minimum absolute atomic E-state index is 0.121. The van der Waals surface area contributed by atoms with Crippen LogP contribution in [0.15, 0.2) is 11.6 Å². The number of carbonyl (C=O) groups is 1. The van der Waals surface area contributed by atoms with E-state index in [-0.39, 0.29) is 16.9 Å². The van der Waals surface area contributed by atoms with Crippen molar-refractivity contribution in [2.45, 2.75) is 90.1 Å². The first-order chi connectivity index (χ1) is 12.7. The maximum absolute atomic E-state index is 12.0. The van der Waals surface area contributed by atoms with Gasteiger partial charge in [0, 0.05) is 11.8 Å². The van der Waals surface area contributed by atoms with Crippen molar-refractivity contribution >= 4 is 5.78 Å². The Hall–Kier alpha value is -1.18. The molecule has 0 aromatic carbocycles. The van der Waals surface area contributed by atoms with Crippen molar-refractivity contribution in [3.63, 3.8) is 0 Å². The molecule has 0 aromatic heterocycles. The van der Waals surface area contributed by atoms with E-state index < -0.39 is 11.4 Å². The fourth-order valence-electron chi connectivity index (χ4n) is 7.83. The summed E-state index contributed by atoms with van der Waals surface area (Å²) in [7, 11) is 0. The van der Waals surface area contributed by atoms with Crippen LogP contribution in [0.2, 0.25) is 0 Å². The fraction of sp³-hybridized carbons (Fsp3) is 0.826. The molecule has 4 fully saturated rings. The van der Waals surface area contributed by atoms with Gasteiger partial charge in [0.25, 0.3) is 0 Å². The summed E-state index contributed by atoms with van der Waals surface area (Å²) in [4.78, 5) is 12.0. The third-order valence-corrected chi connectivity index (χ3v) is 9.12. The lowest BCUT2D eigenvalue weighted by Crippen LogP contribution is -2.56. The molecule has 0 bridgehead atoms. The molecule has 0 radical (unpaired) electrons. The second kappa shape index (κ2) is 5.24. The molecule has 146 valence electrons. The maximum Gasteiger partial charge on any atom is 0.189 e. The topological polar surface area (TPSA) is 59.3 Å². The minimum atomic E-state index is -0.814. The van der Waals surface area contributed by atoms with Gasteiger partial charge in [0.15, 0.2) is 17.2 Å². The van der Waals surface area contributed by atoms with Crippen molar-refractivity contribution < 1.29 is 14.3 Å². The van der Waals surface area contributed by atoms with Crippen LogP contribution in [0.3, 0.4) is 0 Å². The molecule has 0 aromatic rings. The molecule has 0 spiro atoms. The number of carbonyl (C=O) groups excluding carboxylic acids is 1. The summed E-state index contributed by atoms with van der Waals surface area (Å²) in [6.45, 7) is 8.56. The SMILES string of the molecule is CC1(C)O[C@@H]2C[C@@H]3[C@H]4CCC5=CC(=O)CC[C@]5(C)[C@H]4CC[C@]3(C)[C@]2(C#N)O1. The van der Waals surface area contributed by atoms with Gasteiger partial charge in [0.05, 0.1) is 0 Å². The Kier molecular flexibility index (Phi) is 3.47. The van der Waals surface area contributed by atoms with Gasteiger partial charge in [-0.15, -0.1) is 0 Å². The van der Waals surface area contributed by atoms with Gasteiger partial charge in [-0.25, -0.2) is 0 Å². The predicted molar refractivity (Wildman–Crippen MR) is 100 cm³/mol.